The smallest absolute Gasteiger partial charge is 0.106 e. The van der Waals surface area contributed by atoms with Gasteiger partial charge in [0.2, 0.25) is 0 Å². The van der Waals surface area contributed by atoms with E-state index in [4.69, 9.17) is 18.0 Å². The van der Waals surface area contributed by atoms with E-state index in [2.05, 4.69) is 26.2 Å². The summed E-state index contributed by atoms with van der Waals surface area (Å²) in [6.07, 6.45) is 3.37. The zero-order chi connectivity index (χ0) is 12.3. The van der Waals surface area contributed by atoms with Gasteiger partial charge >= 0.3 is 0 Å². The average Bonchev–Trinajstić information content (AvgIpc) is 2.29. The Balaban J connectivity index is 2.33. The van der Waals surface area contributed by atoms with Crippen molar-refractivity contribution in [2.45, 2.75) is 0 Å². The summed E-state index contributed by atoms with van der Waals surface area (Å²) in [4.78, 5) is 4.41. The second kappa shape index (κ2) is 5.25. The zero-order valence-corrected chi connectivity index (χ0v) is 11.3. The number of nitrogens with one attached hydrogen (secondary N) is 1. The van der Waals surface area contributed by atoms with E-state index in [9.17, 15) is 0 Å². The SMILES string of the molecule is NC(=S)c1ccncc1Nc1cccc(Br)c1. The number of benzene rings is 1. The molecule has 17 heavy (non-hydrogen) atoms. The Morgan fingerprint density at radius 2 is 2.18 bits per heavy atom. The van der Waals surface area contributed by atoms with E-state index in [1.54, 1.807) is 18.5 Å². The van der Waals surface area contributed by atoms with Crippen molar-refractivity contribution < 1.29 is 0 Å². The van der Waals surface area contributed by atoms with Gasteiger partial charge in [-0.3, -0.25) is 4.98 Å². The van der Waals surface area contributed by atoms with Crippen LogP contribution >= 0.6 is 28.1 Å². The Hall–Kier alpha value is -1.46. The molecule has 0 atom stereocenters. The molecule has 1 heterocycles. The van der Waals surface area contributed by atoms with Gasteiger partial charge in [0.15, 0.2) is 0 Å². The summed E-state index contributed by atoms with van der Waals surface area (Å²) < 4.78 is 1.00. The van der Waals surface area contributed by atoms with Crippen LogP contribution < -0.4 is 11.1 Å². The molecule has 2 aromatic rings. The summed E-state index contributed by atoms with van der Waals surface area (Å²) >= 11 is 8.41. The third-order valence-corrected chi connectivity index (χ3v) is 2.90. The fourth-order valence-electron chi connectivity index (χ4n) is 1.43. The molecule has 0 fully saturated rings. The lowest BCUT2D eigenvalue weighted by Gasteiger charge is -2.10. The second-order valence-corrected chi connectivity index (χ2v) is 4.78. The minimum Gasteiger partial charge on any atom is -0.389 e. The van der Waals surface area contributed by atoms with Crippen LogP contribution in [0.3, 0.4) is 0 Å². The molecule has 0 saturated carbocycles. The molecule has 0 aliphatic carbocycles. The highest BCUT2D eigenvalue weighted by Gasteiger charge is 2.05. The molecule has 1 aromatic heterocycles. The first-order chi connectivity index (χ1) is 8.16. The first-order valence-corrected chi connectivity index (χ1v) is 6.13. The van der Waals surface area contributed by atoms with Crippen molar-refractivity contribution in [1.82, 2.24) is 4.98 Å². The van der Waals surface area contributed by atoms with Crippen LogP contribution in [0.5, 0.6) is 0 Å². The molecule has 0 aliphatic rings. The summed E-state index contributed by atoms with van der Waals surface area (Å²) in [6.45, 7) is 0. The Kier molecular flexibility index (Phi) is 3.71. The molecular formula is C12H10BrN3S. The molecule has 0 radical (unpaired) electrons. The van der Waals surface area contributed by atoms with Crippen molar-refractivity contribution in [2.24, 2.45) is 5.73 Å². The number of thiocarbonyl (C=S) groups is 1. The molecule has 0 bridgehead atoms. The number of anilines is 2. The predicted molar refractivity (Wildman–Crippen MR) is 77.5 cm³/mol. The third kappa shape index (κ3) is 3.01. The van der Waals surface area contributed by atoms with Crippen molar-refractivity contribution in [2.75, 3.05) is 5.32 Å². The third-order valence-electron chi connectivity index (χ3n) is 2.19. The molecule has 0 unspecified atom stereocenters. The number of rotatable bonds is 3. The summed E-state index contributed by atoms with van der Waals surface area (Å²) in [5.41, 5.74) is 8.19. The maximum Gasteiger partial charge on any atom is 0.106 e. The van der Waals surface area contributed by atoms with E-state index < -0.39 is 0 Å². The van der Waals surface area contributed by atoms with E-state index in [0.717, 1.165) is 21.4 Å². The largest absolute Gasteiger partial charge is 0.389 e. The van der Waals surface area contributed by atoms with E-state index in [-0.39, 0.29) is 0 Å². The lowest BCUT2D eigenvalue weighted by atomic mass is 10.2. The lowest BCUT2D eigenvalue weighted by Crippen LogP contribution is -2.12. The van der Waals surface area contributed by atoms with E-state index in [1.807, 2.05) is 24.3 Å². The van der Waals surface area contributed by atoms with Crippen LogP contribution in [-0.4, -0.2) is 9.97 Å². The normalized spacial score (nSPS) is 9.94. The van der Waals surface area contributed by atoms with Crippen LogP contribution in [0.4, 0.5) is 11.4 Å². The summed E-state index contributed by atoms with van der Waals surface area (Å²) in [6, 6.07) is 9.63. The zero-order valence-electron chi connectivity index (χ0n) is 8.85. The van der Waals surface area contributed by atoms with Crippen LogP contribution in [0.25, 0.3) is 0 Å². The molecule has 5 heteroatoms. The number of aromatic nitrogens is 1. The number of hydrogen-bond acceptors (Lipinski definition) is 3. The summed E-state index contributed by atoms with van der Waals surface area (Å²) in [5.74, 6) is 0. The molecule has 0 spiro atoms. The maximum atomic E-state index is 5.65. The summed E-state index contributed by atoms with van der Waals surface area (Å²) in [5, 5.41) is 3.23. The Labute approximate surface area is 113 Å². The van der Waals surface area contributed by atoms with Crippen molar-refractivity contribution in [3.8, 4) is 0 Å². The van der Waals surface area contributed by atoms with Gasteiger partial charge in [-0.15, -0.1) is 0 Å². The van der Waals surface area contributed by atoms with Gasteiger partial charge in [0, 0.05) is 21.9 Å². The van der Waals surface area contributed by atoms with Gasteiger partial charge in [-0.1, -0.05) is 34.2 Å². The number of halogens is 1. The van der Waals surface area contributed by atoms with Crippen molar-refractivity contribution in [3.63, 3.8) is 0 Å². The van der Waals surface area contributed by atoms with E-state index in [0.29, 0.717) is 4.99 Å². The highest BCUT2D eigenvalue weighted by molar-refractivity contribution is 9.10. The fraction of sp³-hybridized carbons (Fsp3) is 0. The molecule has 1 aromatic carbocycles. The first-order valence-electron chi connectivity index (χ1n) is 4.93. The number of hydrogen-bond donors (Lipinski definition) is 2. The van der Waals surface area contributed by atoms with E-state index >= 15 is 0 Å². The van der Waals surface area contributed by atoms with Crippen LogP contribution in [0.2, 0.25) is 0 Å². The summed E-state index contributed by atoms with van der Waals surface area (Å²) in [7, 11) is 0. The van der Waals surface area contributed by atoms with Gasteiger partial charge in [0.1, 0.15) is 4.99 Å². The second-order valence-electron chi connectivity index (χ2n) is 3.42. The lowest BCUT2D eigenvalue weighted by molar-refractivity contribution is 1.31. The van der Waals surface area contributed by atoms with Gasteiger partial charge in [-0.05, 0) is 24.3 Å². The van der Waals surface area contributed by atoms with Crippen LogP contribution in [0.1, 0.15) is 5.56 Å². The van der Waals surface area contributed by atoms with Gasteiger partial charge in [0.05, 0.1) is 11.9 Å². The van der Waals surface area contributed by atoms with Gasteiger partial charge in [0.25, 0.3) is 0 Å². The van der Waals surface area contributed by atoms with Crippen LogP contribution in [0.15, 0.2) is 47.2 Å². The monoisotopic (exact) mass is 307 g/mol. The highest BCUT2D eigenvalue weighted by atomic mass is 79.9. The highest BCUT2D eigenvalue weighted by Crippen LogP contribution is 2.22. The van der Waals surface area contributed by atoms with Gasteiger partial charge in [-0.2, -0.15) is 0 Å². The Bertz CT molecular complexity index is 557. The number of nitrogens with zero attached hydrogens (tertiary/aromatic N) is 1. The van der Waals surface area contributed by atoms with Crippen LogP contribution in [-0.2, 0) is 0 Å². The molecule has 2 rings (SSSR count). The number of pyridine rings is 1. The molecule has 3 nitrogen and oxygen atoms in total. The topological polar surface area (TPSA) is 50.9 Å². The minimum atomic E-state index is 0.352. The molecule has 0 amide bonds. The van der Waals surface area contributed by atoms with Crippen molar-refractivity contribution in [3.05, 3.63) is 52.8 Å². The average molecular weight is 308 g/mol. The quantitative estimate of drug-likeness (QED) is 0.855. The first kappa shape index (κ1) is 12.0. The van der Waals surface area contributed by atoms with Crippen LogP contribution in [0, 0.1) is 0 Å². The van der Waals surface area contributed by atoms with Crippen molar-refractivity contribution in [1.29, 1.82) is 0 Å². The Morgan fingerprint density at radius 1 is 1.35 bits per heavy atom. The molecule has 86 valence electrons. The predicted octanol–water partition coefficient (Wildman–Crippen LogP) is 3.22. The molecular weight excluding hydrogens is 298 g/mol. The van der Waals surface area contributed by atoms with Gasteiger partial charge in [-0.25, -0.2) is 0 Å². The van der Waals surface area contributed by atoms with Crippen molar-refractivity contribution >= 4 is 44.5 Å². The minimum absolute atomic E-state index is 0.352. The fourth-order valence-corrected chi connectivity index (χ4v) is 2.01. The van der Waals surface area contributed by atoms with Gasteiger partial charge < -0.3 is 11.1 Å². The molecule has 3 N–H and O–H groups in total. The Morgan fingerprint density at radius 3 is 2.88 bits per heavy atom. The standard InChI is InChI=1S/C12H10BrN3S/c13-8-2-1-3-9(6-8)16-11-7-15-5-4-10(11)12(14)17/h1-7,16H,(H2,14,17). The molecule has 0 aliphatic heterocycles. The van der Waals surface area contributed by atoms with E-state index in [1.165, 1.54) is 0 Å². The molecule has 0 saturated heterocycles. The maximum absolute atomic E-state index is 5.65. The number of nitrogens with two attached hydrogens (primary N) is 1.